The van der Waals surface area contributed by atoms with Crippen molar-refractivity contribution in [2.45, 2.75) is 37.8 Å². The van der Waals surface area contributed by atoms with Crippen LogP contribution in [0, 0.1) is 5.92 Å². The van der Waals surface area contributed by atoms with Gasteiger partial charge in [0.25, 0.3) is 0 Å². The smallest absolute Gasteiger partial charge is 0.320 e. The number of carboxylic acids is 1. The summed E-state index contributed by atoms with van der Waals surface area (Å²) in [5.41, 5.74) is 0. The summed E-state index contributed by atoms with van der Waals surface area (Å²) in [6.07, 6.45) is 3.34. The van der Waals surface area contributed by atoms with Crippen LogP contribution in [0.15, 0.2) is 0 Å². The van der Waals surface area contributed by atoms with Gasteiger partial charge in [-0.15, -0.1) is 0 Å². The van der Waals surface area contributed by atoms with Gasteiger partial charge in [-0.05, 0) is 46.3 Å². The fraction of sp³-hybridized carbons (Fsp3) is 0.857. The second kappa shape index (κ2) is 5.99. The fourth-order valence-electron chi connectivity index (χ4n) is 3.47. The molecule has 2 aliphatic rings. The zero-order valence-electron chi connectivity index (χ0n) is 12.6. The highest BCUT2D eigenvalue weighted by molar-refractivity contribution is 5.79. The number of urea groups is 1. The van der Waals surface area contributed by atoms with Crippen LogP contribution in [0.2, 0.25) is 0 Å². The molecule has 0 aromatic heterocycles. The normalized spacial score (nSPS) is 28.2. The predicted molar refractivity (Wildman–Crippen MR) is 75.6 cm³/mol. The molecule has 0 spiro atoms. The summed E-state index contributed by atoms with van der Waals surface area (Å²) in [7, 11) is 5.84. The number of carbonyl (C=O) groups is 2. The summed E-state index contributed by atoms with van der Waals surface area (Å²) in [6, 6.07) is 0.0335. The number of rotatable bonds is 5. The molecule has 2 fully saturated rings. The molecular formula is C14H25N3O3. The molecule has 0 radical (unpaired) electrons. The van der Waals surface area contributed by atoms with Crippen molar-refractivity contribution in [2.75, 3.05) is 34.2 Å². The van der Waals surface area contributed by atoms with Gasteiger partial charge in [0.15, 0.2) is 0 Å². The van der Waals surface area contributed by atoms with Crippen molar-refractivity contribution in [2.24, 2.45) is 5.92 Å². The maximum atomic E-state index is 12.5. The average Bonchev–Trinajstić information content (AvgIpc) is 2.94. The lowest BCUT2D eigenvalue weighted by atomic mass is 9.89. The van der Waals surface area contributed by atoms with Crippen LogP contribution < -0.4 is 0 Å². The molecular weight excluding hydrogens is 258 g/mol. The molecule has 2 rings (SSSR count). The SMILES string of the molecule is CN(C)CCCN(C)C(=O)N1C2CCC1C(C(=O)O)C2. The molecule has 6 nitrogen and oxygen atoms in total. The lowest BCUT2D eigenvalue weighted by Crippen LogP contribution is -2.45. The molecule has 3 atom stereocenters. The zero-order valence-corrected chi connectivity index (χ0v) is 12.6. The van der Waals surface area contributed by atoms with Gasteiger partial charge in [0.05, 0.1) is 5.92 Å². The molecule has 6 heteroatoms. The topological polar surface area (TPSA) is 64.1 Å². The van der Waals surface area contributed by atoms with Crippen molar-refractivity contribution in [1.82, 2.24) is 14.7 Å². The number of hydrogen-bond acceptors (Lipinski definition) is 3. The van der Waals surface area contributed by atoms with Gasteiger partial charge in [-0.1, -0.05) is 0 Å². The Morgan fingerprint density at radius 3 is 2.45 bits per heavy atom. The van der Waals surface area contributed by atoms with E-state index in [2.05, 4.69) is 4.90 Å². The number of hydrogen-bond donors (Lipinski definition) is 1. The minimum atomic E-state index is -0.759. The Morgan fingerprint density at radius 2 is 1.90 bits per heavy atom. The van der Waals surface area contributed by atoms with Crippen molar-refractivity contribution < 1.29 is 14.7 Å². The molecule has 2 bridgehead atoms. The Morgan fingerprint density at radius 1 is 1.20 bits per heavy atom. The van der Waals surface area contributed by atoms with Crippen LogP contribution in [0.1, 0.15) is 25.7 Å². The zero-order chi connectivity index (χ0) is 14.9. The number of nitrogens with zero attached hydrogens (tertiary/aromatic N) is 3. The summed E-state index contributed by atoms with van der Waals surface area (Å²) < 4.78 is 0. The van der Waals surface area contributed by atoms with Crippen molar-refractivity contribution in [3.05, 3.63) is 0 Å². The summed E-state index contributed by atoms with van der Waals surface area (Å²) in [5.74, 6) is -1.13. The number of carboxylic acid groups (broad SMARTS) is 1. The van der Waals surface area contributed by atoms with E-state index in [9.17, 15) is 14.7 Å². The summed E-state index contributed by atoms with van der Waals surface area (Å²) in [5, 5.41) is 9.22. The van der Waals surface area contributed by atoms with Gasteiger partial charge in [0.1, 0.15) is 0 Å². The van der Waals surface area contributed by atoms with E-state index in [1.165, 1.54) is 0 Å². The number of aliphatic carboxylic acids is 1. The molecule has 2 heterocycles. The Kier molecular flexibility index (Phi) is 4.52. The van der Waals surface area contributed by atoms with Gasteiger partial charge in [-0.25, -0.2) is 4.79 Å². The molecule has 2 aliphatic heterocycles. The van der Waals surface area contributed by atoms with Gasteiger partial charge in [-0.3, -0.25) is 4.79 Å². The van der Waals surface area contributed by atoms with Gasteiger partial charge >= 0.3 is 12.0 Å². The van der Waals surface area contributed by atoms with Crippen molar-refractivity contribution in [3.8, 4) is 0 Å². The van der Waals surface area contributed by atoms with Gasteiger partial charge in [-0.2, -0.15) is 0 Å². The van der Waals surface area contributed by atoms with E-state index >= 15 is 0 Å². The van der Waals surface area contributed by atoms with Crippen LogP contribution in [-0.2, 0) is 4.79 Å². The number of carbonyl (C=O) groups excluding carboxylic acids is 1. The quantitative estimate of drug-likeness (QED) is 0.815. The maximum Gasteiger partial charge on any atom is 0.320 e. The Hall–Kier alpha value is -1.30. The first-order chi connectivity index (χ1) is 9.41. The van der Waals surface area contributed by atoms with Crippen molar-refractivity contribution in [1.29, 1.82) is 0 Å². The Labute approximate surface area is 120 Å². The van der Waals surface area contributed by atoms with Crippen LogP contribution in [0.25, 0.3) is 0 Å². The summed E-state index contributed by atoms with van der Waals surface area (Å²) in [4.78, 5) is 29.4. The van der Waals surface area contributed by atoms with Crippen LogP contribution in [0.4, 0.5) is 4.79 Å². The molecule has 0 saturated carbocycles. The standard InChI is InChI=1S/C14H25N3O3/c1-15(2)7-4-8-16(3)14(20)17-10-5-6-12(17)11(9-10)13(18)19/h10-12H,4-9H2,1-3H3,(H,18,19). The minimum Gasteiger partial charge on any atom is -0.481 e. The highest BCUT2D eigenvalue weighted by Crippen LogP contribution is 2.42. The van der Waals surface area contributed by atoms with E-state index in [0.717, 1.165) is 25.8 Å². The lowest BCUT2D eigenvalue weighted by Gasteiger charge is -2.29. The molecule has 0 aromatic carbocycles. The first-order valence-corrected chi connectivity index (χ1v) is 7.32. The minimum absolute atomic E-state index is 0.00000567. The van der Waals surface area contributed by atoms with E-state index in [1.54, 1.807) is 4.90 Å². The molecule has 20 heavy (non-hydrogen) atoms. The molecule has 0 aromatic rings. The van der Waals surface area contributed by atoms with E-state index in [-0.39, 0.29) is 24.0 Å². The van der Waals surface area contributed by atoms with Crippen LogP contribution >= 0.6 is 0 Å². The van der Waals surface area contributed by atoms with E-state index in [1.807, 2.05) is 26.0 Å². The first kappa shape index (κ1) is 15.1. The molecule has 1 N–H and O–H groups in total. The van der Waals surface area contributed by atoms with Gasteiger partial charge in [0.2, 0.25) is 0 Å². The third kappa shape index (κ3) is 2.90. The van der Waals surface area contributed by atoms with Crippen LogP contribution in [0.3, 0.4) is 0 Å². The van der Waals surface area contributed by atoms with E-state index < -0.39 is 5.97 Å². The van der Waals surface area contributed by atoms with Crippen molar-refractivity contribution >= 4 is 12.0 Å². The second-order valence-electron chi connectivity index (χ2n) is 6.25. The molecule has 0 aliphatic carbocycles. The molecule has 2 saturated heterocycles. The maximum absolute atomic E-state index is 12.5. The highest BCUT2D eigenvalue weighted by Gasteiger charge is 2.51. The Bertz CT molecular complexity index is 386. The van der Waals surface area contributed by atoms with Crippen LogP contribution in [0.5, 0.6) is 0 Å². The number of amides is 2. The molecule has 2 amide bonds. The van der Waals surface area contributed by atoms with Gasteiger partial charge in [0, 0.05) is 25.7 Å². The first-order valence-electron chi connectivity index (χ1n) is 7.32. The summed E-state index contributed by atoms with van der Waals surface area (Å²) >= 11 is 0. The fourth-order valence-corrected chi connectivity index (χ4v) is 3.47. The highest BCUT2D eigenvalue weighted by atomic mass is 16.4. The average molecular weight is 283 g/mol. The monoisotopic (exact) mass is 283 g/mol. The largest absolute Gasteiger partial charge is 0.481 e. The van der Waals surface area contributed by atoms with Gasteiger partial charge < -0.3 is 19.8 Å². The lowest BCUT2D eigenvalue weighted by molar-refractivity contribution is -0.142. The van der Waals surface area contributed by atoms with E-state index in [4.69, 9.17) is 0 Å². The molecule has 114 valence electrons. The van der Waals surface area contributed by atoms with Crippen molar-refractivity contribution in [3.63, 3.8) is 0 Å². The third-order valence-electron chi connectivity index (χ3n) is 4.50. The number of fused-ring (bicyclic) bond motifs is 2. The Balaban J connectivity index is 1.91. The third-order valence-corrected chi connectivity index (χ3v) is 4.50. The van der Waals surface area contributed by atoms with E-state index in [0.29, 0.717) is 13.0 Å². The van der Waals surface area contributed by atoms with Crippen LogP contribution in [-0.4, -0.2) is 78.1 Å². The predicted octanol–water partition coefficient (Wildman–Crippen LogP) is 0.927. The summed E-state index contributed by atoms with van der Waals surface area (Å²) in [6.45, 7) is 1.66. The molecule has 3 unspecified atom stereocenters. The second-order valence-corrected chi connectivity index (χ2v) is 6.25.